The molecule has 0 saturated carbocycles. The van der Waals surface area contributed by atoms with Gasteiger partial charge in [-0.05, 0) is 37.5 Å². The first-order valence-corrected chi connectivity index (χ1v) is 6.37. The zero-order chi connectivity index (χ0) is 13.1. The summed E-state index contributed by atoms with van der Waals surface area (Å²) in [6.45, 7) is 6.18. The van der Waals surface area contributed by atoms with Gasteiger partial charge in [0.1, 0.15) is 0 Å². The maximum Gasteiger partial charge on any atom is 0.0833 e. The molecule has 1 heteroatoms. The smallest absolute Gasteiger partial charge is 0.0833 e. The molecule has 2 aromatic rings. The largest absolute Gasteiger partial charge is 0.388 e. The van der Waals surface area contributed by atoms with Crippen LogP contribution in [0.25, 0.3) is 0 Å². The summed E-state index contributed by atoms with van der Waals surface area (Å²) >= 11 is 0. The number of aliphatic hydroxyl groups excluding tert-OH is 1. The summed E-state index contributed by atoms with van der Waals surface area (Å²) in [6, 6.07) is 14.6. The van der Waals surface area contributed by atoms with Crippen molar-refractivity contribution >= 4 is 0 Å². The fraction of sp³-hybridized carbons (Fsp3) is 0.294. The van der Waals surface area contributed by atoms with Crippen LogP contribution in [0.1, 0.15) is 33.9 Å². The van der Waals surface area contributed by atoms with Gasteiger partial charge in [-0.15, -0.1) is 0 Å². The highest BCUT2D eigenvalue weighted by molar-refractivity contribution is 5.33. The average molecular weight is 240 g/mol. The van der Waals surface area contributed by atoms with E-state index in [1.54, 1.807) is 0 Å². The molecule has 0 aliphatic carbocycles. The van der Waals surface area contributed by atoms with Gasteiger partial charge in [0.15, 0.2) is 0 Å². The molecule has 0 saturated heterocycles. The Labute approximate surface area is 109 Å². The Kier molecular flexibility index (Phi) is 3.83. The quantitative estimate of drug-likeness (QED) is 0.863. The molecule has 0 amide bonds. The maximum absolute atomic E-state index is 10.4. The van der Waals surface area contributed by atoms with Gasteiger partial charge in [0.2, 0.25) is 0 Å². The second-order valence-corrected chi connectivity index (χ2v) is 5.07. The van der Waals surface area contributed by atoms with Gasteiger partial charge in [0.25, 0.3) is 0 Å². The molecule has 1 unspecified atom stereocenters. The molecule has 2 aromatic carbocycles. The molecular weight excluding hydrogens is 220 g/mol. The average Bonchev–Trinajstić information content (AvgIpc) is 2.32. The lowest BCUT2D eigenvalue weighted by Gasteiger charge is -2.15. The molecule has 18 heavy (non-hydrogen) atoms. The molecule has 0 spiro atoms. The van der Waals surface area contributed by atoms with Gasteiger partial charge >= 0.3 is 0 Å². The van der Waals surface area contributed by atoms with Crippen LogP contribution in [-0.2, 0) is 6.42 Å². The highest BCUT2D eigenvalue weighted by Crippen LogP contribution is 2.23. The third kappa shape index (κ3) is 2.99. The van der Waals surface area contributed by atoms with Gasteiger partial charge in [-0.3, -0.25) is 0 Å². The fourth-order valence-corrected chi connectivity index (χ4v) is 2.29. The van der Waals surface area contributed by atoms with Crippen LogP contribution < -0.4 is 0 Å². The minimum atomic E-state index is -0.424. The van der Waals surface area contributed by atoms with Crippen molar-refractivity contribution in [1.82, 2.24) is 0 Å². The number of benzene rings is 2. The number of hydrogen-bond donors (Lipinski definition) is 1. The zero-order valence-corrected chi connectivity index (χ0v) is 11.3. The molecule has 0 heterocycles. The Morgan fingerprint density at radius 1 is 0.944 bits per heavy atom. The molecule has 2 rings (SSSR count). The topological polar surface area (TPSA) is 20.2 Å². The van der Waals surface area contributed by atoms with Crippen LogP contribution >= 0.6 is 0 Å². The van der Waals surface area contributed by atoms with Gasteiger partial charge in [-0.2, -0.15) is 0 Å². The van der Waals surface area contributed by atoms with Crippen LogP contribution in [0.2, 0.25) is 0 Å². The third-order valence-corrected chi connectivity index (χ3v) is 3.31. The zero-order valence-electron chi connectivity index (χ0n) is 11.3. The number of aliphatic hydroxyl groups is 1. The van der Waals surface area contributed by atoms with Gasteiger partial charge < -0.3 is 5.11 Å². The first-order chi connectivity index (χ1) is 8.56. The second-order valence-electron chi connectivity index (χ2n) is 5.07. The summed E-state index contributed by atoms with van der Waals surface area (Å²) < 4.78 is 0. The minimum absolute atomic E-state index is 0.424. The van der Waals surface area contributed by atoms with E-state index in [4.69, 9.17) is 0 Å². The van der Waals surface area contributed by atoms with Crippen LogP contribution in [-0.4, -0.2) is 5.11 Å². The monoisotopic (exact) mass is 240 g/mol. The van der Waals surface area contributed by atoms with Gasteiger partial charge in [-0.1, -0.05) is 53.6 Å². The van der Waals surface area contributed by atoms with E-state index < -0.39 is 6.10 Å². The number of rotatable bonds is 3. The van der Waals surface area contributed by atoms with Crippen LogP contribution in [0.5, 0.6) is 0 Å². The van der Waals surface area contributed by atoms with Crippen molar-refractivity contribution in [3.8, 4) is 0 Å². The Balaban J connectivity index is 2.21. The van der Waals surface area contributed by atoms with E-state index in [1.807, 2.05) is 13.0 Å². The molecule has 0 aromatic heterocycles. The van der Waals surface area contributed by atoms with Crippen molar-refractivity contribution in [3.05, 3.63) is 70.3 Å². The van der Waals surface area contributed by atoms with Crippen LogP contribution in [0.3, 0.4) is 0 Å². The van der Waals surface area contributed by atoms with E-state index >= 15 is 0 Å². The maximum atomic E-state index is 10.4. The third-order valence-electron chi connectivity index (χ3n) is 3.31. The SMILES string of the molecule is Cc1cccc(CC(O)c2cc(C)ccc2C)c1. The standard InChI is InChI=1S/C17H20O/c1-12-5-4-6-15(9-12)11-17(18)16-10-13(2)7-8-14(16)3/h4-10,17-18H,11H2,1-3H3. The lowest BCUT2D eigenvalue weighted by molar-refractivity contribution is 0.177. The summed E-state index contributed by atoms with van der Waals surface area (Å²) in [6.07, 6.45) is 0.248. The van der Waals surface area contributed by atoms with Crippen LogP contribution in [0, 0.1) is 20.8 Å². The van der Waals surface area contributed by atoms with E-state index in [1.165, 1.54) is 16.7 Å². The fourth-order valence-electron chi connectivity index (χ4n) is 2.29. The lowest BCUT2D eigenvalue weighted by atomic mass is 9.95. The predicted molar refractivity (Wildman–Crippen MR) is 75.8 cm³/mol. The first kappa shape index (κ1) is 12.8. The summed E-state index contributed by atoms with van der Waals surface area (Å²) in [5, 5.41) is 10.4. The van der Waals surface area contributed by atoms with E-state index in [0.717, 1.165) is 11.1 Å². The molecule has 0 bridgehead atoms. The molecule has 1 N–H and O–H groups in total. The van der Waals surface area contributed by atoms with Crippen LogP contribution in [0.15, 0.2) is 42.5 Å². The Morgan fingerprint density at radius 2 is 1.67 bits per heavy atom. The molecule has 0 aliphatic heterocycles. The molecule has 0 aliphatic rings. The molecule has 94 valence electrons. The van der Waals surface area contributed by atoms with Gasteiger partial charge in [0.05, 0.1) is 6.10 Å². The Morgan fingerprint density at radius 3 is 2.39 bits per heavy atom. The summed E-state index contributed by atoms with van der Waals surface area (Å²) in [7, 11) is 0. The van der Waals surface area contributed by atoms with E-state index in [0.29, 0.717) is 6.42 Å². The molecule has 0 fully saturated rings. The highest BCUT2D eigenvalue weighted by atomic mass is 16.3. The van der Waals surface area contributed by atoms with Crippen molar-refractivity contribution in [2.45, 2.75) is 33.3 Å². The normalized spacial score (nSPS) is 12.4. The van der Waals surface area contributed by atoms with Crippen molar-refractivity contribution in [1.29, 1.82) is 0 Å². The van der Waals surface area contributed by atoms with E-state index in [9.17, 15) is 5.11 Å². The molecule has 0 radical (unpaired) electrons. The molecular formula is C17H20O. The van der Waals surface area contributed by atoms with Crippen molar-refractivity contribution in [2.75, 3.05) is 0 Å². The second kappa shape index (κ2) is 5.36. The number of hydrogen-bond acceptors (Lipinski definition) is 1. The summed E-state index contributed by atoms with van der Waals surface area (Å²) in [5.74, 6) is 0. The number of aryl methyl sites for hydroxylation is 3. The lowest BCUT2D eigenvalue weighted by Crippen LogP contribution is -2.04. The van der Waals surface area contributed by atoms with Crippen molar-refractivity contribution in [2.24, 2.45) is 0 Å². The highest BCUT2D eigenvalue weighted by Gasteiger charge is 2.11. The molecule has 1 nitrogen and oxygen atoms in total. The minimum Gasteiger partial charge on any atom is -0.388 e. The van der Waals surface area contributed by atoms with Crippen molar-refractivity contribution in [3.63, 3.8) is 0 Å². The summed E-state index contributed by atoms with van der Waals surface area (Å²) in [5.41, 5.74) is 5.81. The predicted octanol–water partition coefficient (Wildman–Crippen LogP) is 3.89. The van der Waals surface area contributed by atoms with E-state index in [2.05, 4.69) is 50.2 Å². The van der Waals surface area contributed by atoms with Gasteiger partial charge in [0, 0.05) is 6.42 Å². The Hall–Kier alpha value is -1.60. The van der Waals surface area contributed by atoms with Crippen LogP contribution in [0.4, 0.5) is 0 Å². The Bertz CT molecular complexity index is 543. The van der Waals surface area contributed by atoms with E-state index in [-0.39, 0.29) is 0 Å². The molecule has 1 atom stereocenters. The van der Waals surface area contributed by atoms with Gasteiger partial charge in [-0.25, -0.2) is 0 Å². The first-order valence-electron chi connectivity index (χ1n) is 6.37. The summed E-state index contributed by atoms with van der Waals surface area (Å²) in [4.78, 5) is 0. The van der Waals surface area contributed by atoms with Crippen molar-refractivity contribution < 1.29 is 5.11 Å².